The van der Waals surface area contributed by atoms with Crippen molar-refractivity contribution < 1.29 is 18.7 Å². The largest absolute Gasteiger partial charge is 0.396 e. The number of hydrogen-bond donors (Lipinski definition) is 2. The zero-order valence-corrected chi connectivity index (χ0v) is 12.8. The number of nitrogens with one attached hydrogen (secondary N) is 1. The highest BCUT2D eigenvalue weighted by Crippen LogP contribution is 2.48. The van der Waals surface area contributed by atoms with Gasteiger partial charge in [0.2, 0.25) is 5.91 Å². The van der Waals surface area contributed by atoms with Crippen molar-refractivity contribution in [2.24, 2.45) is 11.8 Å². The van der Waals surface area contributed by atoms with E-state index in [1.54, 1.807) is 6.07 Å². The molecule has 5 heteroatoms. The molecule has 0 aliphatic heterocycles. The summed E-state index contributed by atoms with van der Waals surface area (Å²) in [4.78, 5) is 12.1. The van der Waals surface area contributed by atoms with Gasteiger partial charge in [-0.05, 0) is 42.7 Å². The van der Waals surface area contributed by atoms with Gasteiger partial charge in [0, 0.05) is 19.1 Å². The summed E-state index contributed by atoms with van der Waals surface area (Å²) in [6.07, 6.45) is 3.18. The molecule has 0 bridgehead atoms. The fraction of sp³-hybridized carbons (Fsp3) is 0.588. The lowest BCUT2D eigenvalue weighted by Gasteiger charge is -2.15. The van der Waals surface area contributed by atoms with Crippen LogP contribution in [-0.2, 0) is 4.79 Å². The molecule has 3 atom stereocenters. The second-order valence-electron chi connectivity index (χ2n) is 6.00. The normalized spacial score (nSPS) is 21.5. The lowest BCUT2D eigenvalue weighted by Crippen LogP contribution is -2.31. The summed E-state index contributed by atoms with van der Waals surface area (Å²) in [6.45, 7) is 2.71. The quantitative estimate of drug-likeness (QED) is 0.775. The highest BCUT2D eigenvalue weighted by Gasteiger charge is 2.45. The molecule has 1 aliphatic rings. The topological polar surface area (TPSA) is 49.3 Å². The van der Waals surface area contributed by atoms with E-state index < -0.39 is 11.6 Å². The highest BCUT2D eigenvalue weighted by molar-refractivity contribution is 5.82. The third-order valence-electron chi connectivity index (χ3n) is 4.31. The Morgan fingerprint density at radius 3 is 2.86 bits per heavy atom. The number of aliphatic hydroxyl groups is 1. The Bertz CT molecular complexity index is 515. The molecule has 1 saturated carbocycles. The van der Waals surface area contributed by atoms with Crippen LogP contribution in [0, 0.1) is 23.5 Å². The Morgan fingerprint density at radius 1 is 1.41 bits per heavy atom. The molecule has 0 saturated heterocycles. The Morgan fingerprint density at radius 2 is 2.18 bits per heavy atom. The molecular weight excluding hydrogens is 288 g/mol. The van der Waals surface area contributed by atoms with E-state index in [-0.39, 0.29) is 30.3 Å². The Balaban J connectivity index is 1.86. The van der Waals surface area contributed by atoms with Crippen molar-refractivity contribution in [3.05, 3.63) is 35.4 Å². The maximum atomic E-state index is 13.7. The minimum atomic E-state index is -0.866. The second kappa shape index (κ2) is 7.68. The number of hydrogen-bond acceptors (Lipinski definition) is 2. The van der Waals surface area contributed by atoms with Crippen LogP contribution >= 0.6 is 0 Å². The first-order valence-corrected chi connectivity index (χ1v) is 7.90. The lowest BCUT2D eigenvalue weighted by molar-refractivity contribution is -0.122. The fourth-order valence-electron chi connectivity index (χ4n) is 2.95. The predicted molar refractivity (Wildman–Crippen MR) is 80.3 cm³/mol. The van der Waals surface area contributed by atoms with Crippen molar-refractivity contribution in [2.75, 3.05) is 13.2 Å². The maximum absolute atomic E-state index is 13.7. The van der Waals surface area contributed by atoms with Crippen molar-refractivity contribution >= 4 is 5.91 Å². The molecule has 1 aliphatic carbocycles. The maximum Gasteiger partial charge on any atom is 0.223 e. The van der Waals surface area contributed by atoms with Gasteiger partial charge in [-0.3, -0.25) is 4.79 Å². The van der Waals surface area contributed by atoms with E-state index in [9.17, 15) is 13.6 Å². The summed E-state index contributed by atoms with van der Waals surface area (Å²) in [5.41, 5.74) is 0.292. The lowest BCUT2D eigenvalue weighted by atomic mass is 10.00. The van der Waals surface area contributed by atoms with Crippen LogP contribution in [0.5, 0.6) is 0 Å². The van der Waals surface area contributed by atoms with E-state index in [1.807, 2.05) is 0 Å². The van der Waals surface area contributed by atoms with Gasteiger partial charge in [0.1, 0.15) is 0 Å². The number of halogens is 2. The van der Waals surface area contributed by atoms with Crippen LogP contribution in [0.2, 0.25) is 0 Å². The smallest absolute Gasteiger partial charge is 0.223 e. The van der Waals surface area contributed by atoms with Crippen molar-refractivity contribution in [3.63, 3.8) is 0 Å². The molecule has 22 heavy (non-hydrogen) atoms. The van der Waals surface area contributed by atoms with Crippen LogP contribution in [0.3, 0.4) is 0 Å². The first kappa shape index (κ1) is 16.9. The standard InChI is InChI=1S/C17H23F2NO2/c1-2-4-11(7-8-21)10-20-17(22)14-9-13(14)12-5-3-6-15(18)16(12)19/h3,5-6,11,13-14,21H,2,4,7-10H2,1H3,(H,20,22). The van der Waals surface area contributed by atoms with Crippen molar-refractivity contribution in [3.8, 4) is 0 Å². The number of amides is 1. The molecule has 0 aromatic heterocycles. The predicted octanol–water partition coefficient (Wildman–Crippen LogP) is 2.98. The van der Waals surface area contributed by atoms with Gasteiger partial charge in [0.25, 0.3) is 0 Å². The number of carbonyl (C=O) groups is 1. The summed E-state index contributed by atoms with van der Waals surface area (Å²) in [6, 6.07) is 4.10. The van der Waals surface area contributed by atoms with Crippen LogP contribution in [0.4, 0.5) is 8.78 Å². The highest BCUT2D eigenvalue weighted by atomic mass is 19.2. The van der Waals surface area contributed by atoms with Gasteiger partial charge in [-0.25, -0.2) is 8.78 Å². The van der Waals surface area contributed by atoms with E-state index in [0.29, 0.717) is 24.9 Å². The minimum Gasteiger partial charge on any atom is -0.396 e. The number of carbonyl (C=O) groups excluding carboxylic acids is 1. The molecule has 0 spiro atoms. The van der Waals surface area contributed by atoms with E-state index in [0.717, 1.165) is 18.9 Å². The number of rotatable bonds is 8. The zero-order valence-electron chi connectivity index (χ0n) is 12.8. The molecule has 122 valence electrons. The Hall–Kier alpha value is -1.49. The van der Waals surface area contributed by atoms with Crippen LogP contribution < -0.4 is 5.32 Å². The minimum absolute atomic E-state index is 0.104. The van der Waals surface area contributed by atoms with Crippen molar-refractivity contribution in [1.82, 2.24) is 5.32 Å². The molecule has 0 heterocycles. The van der Waals surface area contributed by atoms with Crippen LogP contribution in [-0.4, -0.2) is 24.2 Å². The summed E-state index contributed by atoms with van der Waals surface area (Å²) in [5.74, 6) is -2.04. The van der Waals surface area contributed by atoms with E-state index in [4.69, 9.17) is 5.11 Å². The van der Waals surface area contributed by atoms with Gasteiger partial charge in [0.15, 0.2) is 11.6 Å². The second-order valence-corrected chi connectivity index (χ2v) is 6.00. The number of benzene rings is 1. The zero-order chi connectivity index (χ0) is 16.1. The molecule has 1 aromatic rings. The van der Waals surface area contributed by atoms with E-state index in [2.05, 4.69) is 12.2 Å². The van der Waals surface area contributed by atoms with Gasteiger partial charge in [-0.15, -0.1) is 0 Å². The van der Waals surface area contributed by atoms with Gasteiger partial charge < -0.3 is 10.4 Å². The molecule has 3 unspecified atom stereocenters. The van der Waals surface area contributed by atoms with Gasteiger partial charge in [-0.1, -0.05) is 25.5 Å². The number of aliphatic hydroxyl groups excluding tert-OH is 1. The first-order chi connectivity index (χ1) is 10.6. The van der Waals surface area contributed by atoms with Gasteiger partial charge >= 0.3 is 0 Å². The molecule has 1 amide bonds. The molecule has 2 rings (SSSR count). The third-order valence-corrected chi connectivity index (χ3v) is 4.31. The Labute approximate surface area is 129 Å². The Kier molecular flexibility index (Phi) is 5.89. The molecule has 0 radical (unpaired) electrons. The van der Waals surface area contributed by atoms with Crippen LogP contribution in [0.1, 0.15) is 44.1 Å². The van der Waals surface area contributed by atoms with Crippen LogP contribution in [0.25, 0.3) is 0 Å². The third kappa shape index (κ3) is 4.03. The molecule has 1 aromatic carbocycles. The van der Waals surface area contributed by atoms with E-state index >= 15 is 0 Å². The first-order valence-electron chi connectivity index (χ1n) is 7.90. The summed E-state index contributed by atoms with van der Waals surface area (Å²) >= 11 is 0. The van der Waals surface area contributed by atoms with E-state index in [1.165, 1.54) is 6.07 Å². The van der Waals surface area contributed by atoms with Gasteiger partial charge in [-0.2, -0.15) is 0 Å². The average Bonchev–Trinajstić information content (AvgIpc) is 3.28. The molecule has 3 nitrogen and oxygen atoms in total. The fourth-order valence-corrected chi connectivity index (χ4v) is 2.95. The summed E-state index contributed by atoms with van der Waals surface area (Å²) in [5, 5.41) is 11.9. The van der Waals surface area contributed by atoms with Gasteiger partial charge in [0.05, 0.1) is 0 Å². The van der Waals surface area contributed by atoms with Crippen molar-refractivity contribution in [2.45, 2.75) is 38.5 Å². The average molecular weight is 311 g/mol. The SMILES string of the molecule is CCCC(CCO)CNC(=O)C1CC1c1cccc(F)c1F. The summed E-state index contributed by atoms with van der Waals surface area (Å²) < 4.78 is 26.9. The molecule has 2 N–H and O–H groups in total. The van der Waals surface area contributed by atoms with Crippen molar-refractivity contribution in [1.29, 1.82) is 0 Å². The molecular formula is C17H23F2NO2. The molecule has 1 fully saturated rings. The summed E-state index contributed by atoms with van der Waals surface area (Å²) in [7, 11) is 0. The monoisotopic (exact) mass is 311 g/mol. The van der Waals surface area contributed by atoms with Crippen LogP contribution in [0.15, 0.2) is 18.2 Å².